The van der Waals surface area contributed by atoms with Gasteiger partial charge in [0.2, 0.25) is 0 Å². The number of hydrogen-bond donors (Lipinski definition) is 1. The summed E-state index contributed by atoms with van der Waals surface area (Å²) in [5, 5.41) is 3.72. The maximum absolute atomic E-state index is 5.73. The van der Waals surface area contributed by atoms with Crippen LogP contribution in [0.4, 0.5) is 5.69 Å². The van der Waals surface area contributed by atoms with E-state index in [1.165, 1.54) is 0 Å². The molecular formula is C11H13N3O3. The second-order valence-electron chi connectivity index (χ2n) is 3.36. The molecule has 2 N–H and O–H groups in total. The fraction of sp³-hybridized carbons (Fsp3) is 0.273. The highest BCUT2D eigenvalue weighted by atomic mass is 16.5. The van der Waals surface area contributed by atoms with Crippen molar-refractivity contribution in [3.63, 3.8) is 0 Å². The van der Waals surface area contributed by atoms with Crippen molar-refractivity contribution >= 4 is 5.69 Å². The highest BCUT2D eigenvalue weighted by Gasteiger charge is 2.07. The van der Waals surface area contributed by atoms with E-state index in [1.807, 2.05) is 12.1 Å². The molecule has 90 valence electrons. The summed E-state index contributed by atoms with van der Waals surface area (Å²) in [5.74, 6) is 1.48. The molecular weight excluding hydrogens is 222 g/mol. The lowest BCUT2D eigenvalue weighted by Gasteiger charge is -2.05. The van der Waals surface area contributed by atoms with Crippen LogP contribution in [0.5, 0.6) is 5.75 Å². The number of nitrogens with zero attached hydrogens (tertiary/aromatic N) is 2. The monoisotopic (exact) mass is 235 g/mol. The van der Waals surface area contributed by atoms with Gasteiger partial charge in [-0.15, -0.1) is 0 Å². The molecule has 0 bridgehead atoms. The molecule has 2 aromatic rings. The third-order valence-electron chi connectivity index (χ3n) is 2.05. The Morgan fingerprint density at radius 2 is 2.12 bits per heavy atom. The Labute approximate surface area is 98.3 Å². The number of hydrogen-bond acceptors (Lipinski definition) is 6. The lowest BCUT2D eigenvalue weighted by atomic mass is 10.3. The Balaban J connectivity index is 1.95. The molecule has 0 atom stereocenters. The average molecular weight is 235 g/mol. The van der Waals surface area contributed by atoms with Crippen LogP contribution in [0, 0.1) is 0 Å². The average Bonchev–Trinajstić information content (AvgIpc) is 2.76. The van der Waals surface area contributed by atoms with E-state index in [2.05, 4.69) is 10.1 Å². The van der Waals surface area contributed by atoms with Crippen LogP contribution < -0.4 is 10.5 Å². The van der Waals surface area contributed by atoms with Gasteiger partial charge in [-0.25, -0.2) is 0 Å². The molecule has 0 radical (unpaired) electrons. The number of nitrogens with two attached hydrogens (primary N) is 1. The molecule has 1 aromatic carbocycles. The summed E-state index contributed by atoms with van der Waals surface area (Å²) in [6.45, 7) is 0.502. The molecule has 0 saturated carbocycles. The maximum atomic E-state index is 5.73. The molecule has 1 heterocycles. The van der Waals surface area contributed by atoms with Crippen molar-refractivity contribution in [3.8, 4) is 5.75 Å². The van der Waals surface area contributed by atoms with E-state index in [9.17, 15) is 0 Å². The lowest BCUT2D eigenvalue weighted by molar-refractivity contribution is 0.174. The zero-order chi connectivity index (χ0) is 12.1. The molecule has 0 saturated heterocycles. The zero-order valence-electron chi connectivity index (χ0n) is 9.42. The van der Waals surface area contributed by atoms with Crippen LogP contribution in [-0.2, 0) is 18.0 Å². The molecule has 0 unspecified atom stereocenters. The number of para-hydroxylation sites is 2. The van der Waals surface area contributed by atoms with Gasteiger partial charge in [0, 0.05) is 7.11 Å². The smallest absolute Gasteiger partial charge is 0.264 e. The van der Waals surface area contributed by atoms with Gasteiger partial charge < -0.3 is 19.7 Å². The normalized spacial score (nSPS) is 10.4. The van der Waals surface area contributed by atoms with Crippen molar-refractivity contribution < 1.29 is 14.0 Å². The Bertz CT molecular complexity index is 484. The minimum absolute atomic E-state index is 0.185. The van der Waals surface area contributed by atoms with Gasteiger partial charge in [0.15, 0.2) is 12.4 Å². The van der Waals surface area contributed by atoms with E-state index in [0.29, 0.717) is 29.8 Å². The second kappa shape index (κ2) is 5.31. The largest absolute Gasteiger partial charge is 0.482 e. The van der Waals surface area contributed by atoms with Crippen molar-refractivity contribution in [2.24, 2.45) is 0 Å². The van der Waals surface area contributed by atoms with Gasteiger partial charge in [0.05, 0.1) is 5.69 Å². The van der Waals surface area contributed by atoms with Crippen LogP contribution in [0.2, 0.25) is 0 Å². The third-order valence-corrected chi connectivity index (χ3v) is 2.05. The maximum Gasteiger partial charge on any atom is 0.264 e. The van der Waals surface area contributed by atoms with Crippen LogP contribution in [0.15, 0.2) is 28.8 Å². The van der Waals surface area contributed by atoms with Crippen molar-refractivity contribution in [1.29, 1.82) is 0 Å². The summed E-state index contributed by atoms with van der Waals surface area (Å²) in [7, 11) is 1.57. The van der Waals surface area contributed by atoms with Gasteiger partial charge in [-0.3, -0.25) is 0 Å². The minimum atomic E-state index is 0.185. The molecule has 0 aliphatic carbocycles. The standard InChI is InChI=1S/C11H13N3O3/c1-15-6-10-13-11(17-14-10)7-16-9-5-3-2-4-8(9)12/h2-5H,6-7,12H2,1H3. The number of methoxy groups -OCH3 is 1. The van der Waals surface area contributed by atoms with E-state index in [1.54, 1.807) is 19.2 Å². The zero-order valence-corrected chi connectivity index (χ0v) is 9.42. The van der Waals surface area contributed by atoms with E-state index < -0.39 is 0 Å². The van der Waals surface area contributed by atoms with Gasteiger partial charge in [-0.2, -0.15) is 4.98 Å². The quantitative estimate of drug-likeness (QED) is 0.788. The van der Waals surface area contributed by atoms with Crippen LogP contribution in [0.3, 0.4) is 0 Å². The Kier molecular flexibility index (Phi) is 3.56. The first-order chi connectivity index (χ1) is 8.29. The number of nitrogen functional groups attached to an aromatic ring is 1. The molecule has 0 aliphatic heterocycles. The van der Waals surface area contributed by atoms with E-state index in [0.717, 1.165) is 0 Å². The van der Waals surface area contributed by atoms with E-state index >= 15 is 0 Å². The SMILES string of the molecule is COCc1noc(COc2ccccc2N)n1. The number of anilines is 1. The molecule has 17 heavy (non-hydrogen) atoms. The summed E-state index contributed by atoms with van der Waals surface area (Å²) in [6, 6.07) is 7.22. The molecule has 0 aliphatic rings. The number of ether oxygens (including phenoxy) is 2. The van der Waals surface area contributed by atoms with E-state index in [4.69, 9.17) is 19.7 Å². The second-order valence-corrected chi connectivity index (χ2v) is 3.36. The first-order valence-electron chi connectivity index (χ1n) is 5.07. The molecule has 0 amide bonds. The molecule has 6 nitrogen and oxygen atoms in total. The third kappa shape index (κ3) is 2.94. The fourth-order valence-electron chi connectivity index (χ4n) is 1.29. The van der Waals surface area contributed by atoms with Gasteiger partial charge >= 0.3 is 0 Å². The van der Waals surface area contributed by atoms with Gasteiger partial charge in [-0.1, -0.05) is 17.3 Å². The Morgan fingerprint density at radius 3 is 2.88 bits per heavy atom. The lowest BCUT2D eigenvalue weighted by Crippen LogP contribution is -1.99. The van der Waals surface area contributed by atoms with Gasteiger partial charge in [0.1, 0.15) is 12.4 Å². The summed E-state index contributed by atoms with van der Waals surface area (Å²) in [4.78, 5) is 4.08. The van der Waals surface area contributed by atoms with Crippen LogP contribution in [-0.4, -0.2) is 17.3 Å². The highest BCUT2D eigenvalue weighted by molar-refractivity contribution is 5.51. The first-order valence-corrected chi connectivity index (χ1v) is 5.07. The summed E-state index contributed by atoms with van der Waals surface area (Å²) in [6.07, 6.45) is 0. The van der Waals surface area contributed by atoms with Crippen molar-refractivity contribution in [1.82, 2.24) is 10.1 Å². The van der Waals surface area contributed by atoms with Crippen molar-refractivity contribution in [2.75, 3.05) is 12.8 Å². The molecule has 6 heteroatoms. The Hall–Kier alpha value is -2.08. The minimum Gasteiger partial charge on any atom is -0.482 e. The van der Waals surface area contributed by atoms with Gasteiger partial charge in [0.25, 0.3) is 5.89 Å². The molecule has 0 fully saturated rings. The Morgan fingerprint density at radius 1 is 1.29 bits per heavy atom. The van der Waals surface area contributed by atoms with Crippen LogP contribution in [0.1, 0.15) is 11.7 Å². The fourth-order valence-corrected chi connectivity index (χ4v) is 1.29. The number of rotatable bonds is 5. The van der Waals surface area contributed by atoms with Crippen LogP contribution >= 0.6 is 0 Å². The van der Waals surface area contributed by atoms with E-state index in [-0.39, 0.29) is 6.61 Å². The summed E-state index contributed by atoms with van der Waals surface area (Å²) in [5.41, 5.74) is 6.30. The summed E-state index contributed by atoms with van der Waals surface area (Å²) >= 11 is 0. The molecule has 2 rings (SSSR count). The predicted octanol–water partition coefficient (Wildman–Crippen LogP) is 1.38. The highest BCUT2D eigenvalue weighted by Crippen LogP contribution is 2.20. The van der Waals surface area contributed by atoms with Gasteiger partial charge in [-0.05, 0) is 12.1 Å². The van der Waals surface area contributed by atoms with Crippen molar-refractivity contribution in [2.45, 2.75) is 13.2 Å². The van der Waals surface area contributed by atoms with Crippen LogP contribution in [0.25, 0.3) is 0 Å². The number of aromatic nitrogens is 2. The topological polar surface area (TPSA) is 83.4 Å². The first kappa shape index (κ1) is 11.4. The summed E-state index contributed by atoms with van der Waals surface area (Å²) < 4.78 is 15.3. The van der Waals surface area contributed by atoms with Crippen molar-refractivity contribution in [3.05, 3.63) is 36.0 Å². The predicted molar refractivity (Wildman–Crippen MR) is 60.2 cm³/mol. The number of benzene rings is 1. The molecule has 1 aromatic heterocycles. The molecule has 0 spiro atoms.